The van der Waals surface area contributed by atoms with Crippen molar-refractivity contribution in [3.63, 3.8) is 0 Å². The molecule has 0 aromatic heterocycles. The Hall–Kier alpha value is -0.380. The molecule has 17 heavy (non-hydrogen) atoms. The van der Waals surface area contributed by atoms with Gasteiger partial charge < -0.3 is 0 Å². The Labute approximate surface area is 116 Å². The van der Waals surface area contributed by atoms with Crippen LogP contribution in [-0.2, 0) is 4.83 Å². The molecule has 0 fully saturated rings. The quantitative estimate of drug-likeness (QED) is 0.610. The fraction of sp³-hybridized carbons (Fsp3) is 0.167. The number of benzene rings is 2. The summed E-state index contributed by atoms with van der Waals surface area (Å²) in [7, 11) is 0. The van der Waals surface area contributed by atoms with Gasteiger partial charge in [0.15, 0.2) is 0 Å². The molecule has 2 aromatic rings. The Morgan fingerprint density at radius 2 is 1.65 bits per heavy atom. The first-order chi connectivity index (χ1) is 7.88. The Bertz CT molecular complexity index is 550. The van der Waals surface area contributed by atoms with Crippen molar-refractivity contribution in [3.05, 3.63) is 47.5 Å². The topological polar surface area (TPSA) is 0 Å². The second kappa shape index (κ2) is 4.71. The van der Waals surface area contributed by atoms with Crippen LogP contribution in [0.2, 0.25) is 0 Å². The van der Waals surface area contributed by atoms with Crippen LogP contribution in [0.5, 0.6) is 0 Å². The highest BCUT2D eigenvalue weighted by Gasteiger charge is 2.26. The van der Waals surface area contributed by atoms with Gasteiger partial charge in [-0.25, -0.2) is 0 Å². The molecule has 0 saturated heterocycles. The molecule has 2 rings (SSSR count). The second-order valence-electron chi connectivity index (χ2n) is 3.62. The van der Waals surface area contributed by atoms with Crippen LogP contribution in [-0.4, -0.2) is 0 Å². The normalized spacial score (nSPS) is 12.4. The van der Waals surface area contributed by atoms with E-state index < -0.39 is 9.67 Å². The third kappa shape index (κ3) is 2.90. The Balaban J connectivity index is 2.59. The highest BCUT2D eigenvalue weighted by atomic mass is 79.9. The van der Waals surface area contributed by atoms with Crippen LogP contribution < -0.4 is 0 Å². The lowest BCUT2D eigenvalue weighted by molar-refractivity contribution is 0.115. The Morgan fingerprint density at radius 3 is 2.24 bits per heavy atom. The highest BCUT2D eigenvalue weighted by molar-refractivity contribution is 9.09. The van der Waals surface area contributed by atoms with Gasteiger partial charge in [0.25, 0.3) is 0 Å². The number of alkyl halides is 5. The predicted octanol–water partition coefficient (Wildman–Crippen LogP) is 5.76. The van der Waals surface area contributed by atoms with Gasteiger partial charge in [-0.05, 0) is 44.4 Å². The molecule has 0 aliphatic heterocycles. The van der Waals surface area contributed by atoms with Gasteiger partial charge in [0.2, 0.25) is 0 Å². The van der Waals surface area contributed by atoms with Crippen LogP contribution in [0.3, 0.4) is 0 Å². The van der Waals surface area contributed by atoms with Crippen LogP contribution in [0.15, 0.2) is 36.4 Å². The molecule has 0 aliphatic rings. The maximum atomic E-state index is 13.1. The maximum Gasteiger partial charge on any atom is 0.326 e. The van der Waals surface area contributed by atoms with Crippen molar-refractivity contribution in [2.24, 2.45) is 0 Å². The van der Waals surface area contributed by atoms with Crippen molar-refractivity contribution >= 4 is 49.9 Å². The summed E-state index contributed by atoms with van der Waals surface area (Å²) < 4.78 is 26.2. The van der Waals surface area contributed by atoms with Gasteiger partial charge in [-0.1, -0.05) is 24.3 Å². The molecule has 0 atom stereocenters. The van der Waals surface area contributed by atoms with Gasteiger partial charge in [0.05, 0.1) is 0 Å². The molecule has 0 N–H and O–H groups in total. The summed E-state index contributed by atoms with van der Waals surface area (Å²) >= 11 is 13.8. The lowest BCUT2D eigenvalue weighted by Gasteiger charge is -2.10. The third-order valence-electron chi connectivity index (χ3n) is 2.44. The Morgan fingerprint density at radius 1 is 1.00 bits per heavy atom. The maximum absolute atomic E-state index is 13.1. The minimum atomic E-state index is -3.03. The van der Waals surface area contributed by atoms with Crippen molar-refractivity contribution in [1.82, 2.24) is 0 Å². The van der Waals surface area contributed by atoms with E-state index in [-0.39, 0.29) is 5.56 Å². The van der Waals surface area contributed by atoms with E-state index in [0.717, 1.165) is 5.39 Å². The summed E-state index contributed by atoms with van der Waals surface area (Å²) in [5, 5.41) is 1.55. The number of rotatable bonds is 2. The van der Waals surface area contributed by atoms with E-state index in [1.54, 1.807) is 24.3 Å². The van der Waals surface area contributed by atoms with Gasteiger partial charge in [0, 0.05) is 5.56 Å². The van der Waals surface area contributed by atoms with Crippen LogP contribution >= 0.6 is 39.1 Å². The monoisotopic (exact) mass is 338 g/mol. The molecule has 0 aliphatic carbocycles. The highest BCUT2D eigenvalue weighted by Crippen LogP contribution is 2.36. The van der Waals surface area contributed by atoms with Gasteiger partial charge in [-0.2, -0.15) is 8.78 Å². The molecular weight excluding hydrogens is 333 g/mol. The molecular formula is C12H7BrCl2F2. The summed E-state index contributed by atoms with van der Waals surface area (Å²) in [6.07, 6.45) is 0. The molecule has 0 saturated carbocycles. The molecule has 5 heteroatoms. The molecule has 0 spiro atoms. The van der Waals surface area contributed by atoms with Gasteiger partial charge in [0.1, 0.15) is 4.84 Å². The molecule has 90 valence electrons. The molecule has 0 bridgehead atoms. The van der Waals surface area contributed by atoms with Crippen LogP contribution in [0.25, 0.3) is 10.8 Å². The van der Waals surface area contributed by atoms with E-state index in [2.05, 4.69) is 15.9 Å². The van der Waals surface area contributed by atoms with Crippen LogP contribution in [0.4, 0.5) is 8.78 Å². The van der Waals surface area contributed by atoms with E-state index in [4.69, 9.17) is 23.2 Å². The lowest BCUT2D eigenvalue weighted by Crippen LogP contribution is -2.01. The van der Waals surface area contributed by atoms with Gasteiger partial charge in [-0.15, -0.1) is 23.2 Å². The van der Waals surface area contributed by atoms with Crippen molar-refractivity contribution in [2.75, 3.05) is 0 Å². The van der Waals surface area contributed by atoms with Gasteiger partial charge >= 0.3 is 4.83 Å². The standard InChI is InChI=1S/C12H7BrCl2F2/c13-12(16,17)10-4-3-7-1-2-8(11(14)15)5-9(7)6-10/h1-6,11H. The van der Waals surface area contributed by atoms with Crippen molar-refractivity contribution in [2.45, 2.75) is 9.67 Å². The fourth-order valence-electron chi connectivity index (χ4n) is 1.58. The summed E-state index contributed by atoms with van der Waals surface area (Å²) in [6.45, 7) is 0. The minimum Gasteiger partial charge on any atom is -0.188 e. The minimum absolute atomic E-state index is 0.0946. The zero-order valence-corrected chi connectivity index (χ0v) is 11.5. The SMILES string of the molecule is FC(F)(Br)c1ccc2ccc(C(Cl)Cl)cc2c1. The van der Waals surface area contributed by atoms with E-state index in [1.807, 2.05) is 0 Å². The third-order valence-corrected chi connectivity index (χ3v) is 3.41. The zero-order chi connectivity index (χ0) is 12.6. The van der Waals surface area contributed by atoms with Crippen LogP contribution in [0.1, 0.15) is 16.0 Å². The first kappa shape index (κ1) is 13.1. The largest absolute Gasteiger partial charge is 0.326 e. The number of fused-ring (bicyclic) bond motifs is 1. The van der Waals surface area contributed by atoms with E-state index in [1.165, 1.54) is 12.1 Å². The summed E-state index contributed by atoms with van der Waals surface area (Å²) in [5.41, 5.74) is 0.596. The molecule has 0 unspecified atom stereocenters. The average Bonchev–Trinajstić information content (AvgIpc) is 2.26. The molecule has 0 heterocycles. The smallest absolute Gasteiger partial charge is 0.188 e. The second-order valence-corrected chi connectivity index (χ2v) is 5.71. The fourth-order valence-corrected chi connectivity index (χ4v) is 2.10. The van der Waals surface area contributed by atoms with E-state index in [9.17, 15) is 8.78 Å². The molecule has 0 radical (unpaired) electrons. The van der Waals surface area contributed by atoms with Crippen molar-refractivity contribution < 1.29 is 8.78 Å². The number of halogens is 5. The zero-order valence-electron chi connectivity index (χ0n) is 8.43. The van der Waals surface area contributed by atoms with Crippen LogP contribution in [0, 0.1) is 0 Å². The summed E-state index contributed by atoms with van der Waals surface area (Å²) in [6, 6.07) is 9.74. The van der Waals surface area contributed by atoms with Crippen molar-refractivity contribution in [1.29, 1.82) is 0 Å². The molecule has 0 nitrogen and oxygen atoms in total. The van der Waals surface area contributed by atoms with E-state index in [0.29, 0.717) is 10.9 Å². The lowest BCUT2D eigenvalue weighted by atomic mass is 10.0. The first-order valence-corrected chi connectivity index (χ1v) is 6.43. The van der Waals surface area contributed by atoms with Gasteiger partial charge in [-0.3, -0.25) is 0 Å². The predicted molar refractivity (Wildman–Crippen MR) is 71.2 cm³/mol. The van der Waals surface area contributed by atoms with Crippen molar-refractivity contribution in [3.8, 4) is 0 Å². The summed E-state index contributed by atoms with van der Waals surface area (Å²) in [4.78, 5) is -3.69. The molecule has 0 amide bonds. The number of hydrogen-bond acceptors (Lipinski definition) is 0. The average molecular weight is 340 g/mol. The Kier molecular flexibility index (Phi) is 3.62. The van der Waals surface area contributed by atoms with E-state index >= 15 is 0 Å². The first-order valence-electron chi connectivity index (χ1n) is 4.77. The number of hydrogen-bond donors (Lipinski definition) is 0. The summed E-state index contributed by atoms with van der Waals surface area (Å²) in [5.74, 6) is 0. The molecule has 2 aromatic carbocycles.